The second-order valence-electron chi connectivity index (χ2n) is 6.76. The van der Waals surface area contributed by atoms with Gasteiger partial charge in [-0.05, 0) is 40.6 Å². The molecule has 0 bridgehead atoms. The third-order valence-corrected chi connectivity index (χ3v) is 9.02. The predicted molar refractivity (Wildman–Crippen MR) is 100.0 cm³/mol. The highest BCUT2D eigenvalue weighted by atomic mass is 127. The van der Waals surface area contributed by atoms with Gasteiger partial charge in [0.25, 0.3) is 0 Å². The Kier molecular flexibility index (Phi) is 6.95. The second-order valence-corrected chi connectivity index (χ2v) is 12.2. The van der Waals surface area contributed by atoms with E-state index in [0.29, 0.717) is 0 Å². The van der Waals surface area contributed by atoms with Crippen LogP contribution in [0.15, 0.2) is 40.5 Å². The Labute approximate surface area is 139 Å². The highest BCUT2D eigenvalue weighted by molar-refractivity contribution is 14.1. The van der Waals surface area contributed by atoms with E-state index in [-0.39, 0.29) is 11.1 Å². The SMILES string of the molecule is CC(C)(C)[Si](C)(C)OC(C=CI)CCc1ccccc1. The summed E-state index contributed by atoms with van der Waals surface area (Å²) >= 11 is 2.28. The van der Waals surface area contributed by atoms with Crippen LogP contribution in [0.25, 0.3) is 0 Å². The van der Waals surface area contributed by atoms with Crippen LogP contribution in [-0.2, 0) is 10.8 Å². The quantitative estimate of drug-likeness (QED) is 0.422. The van der Waals surface area contributed by atoms with Crippen molar-refractivity contribution in [2.24, 2.45) is 0 Å². The number of benzene rings is 1. The third kappa shape index (κ3) is 5.70. The van der Waals surface area contributed by atoms with Crippen molar-refractivity contribution >= 4 is 30.9 Å². The molecule has 0 N–H and O–H groups in total. The molecule has 112 valence electrons. The van der Waals surface area contributed by atoms with Gasteiger partial charge in [-0.1, -0.05) is 79.8 Å². The maximum absolute atomic E-state index is 6.51. The Morgan fingerprint density at radius 1 is 1.20 bits per heavy atom. The molecule has 0 saturated heterocycles. The molecule has 0 amide bonds. The Bertz CT molecular complexity index is 420. The molecule has 0 spiro atoms. The van der Waals surface area contributed by atoms with Gasteiger partial charge in [-0.15, -0.1) is 0 Å². The zero-order chi connectivity index (χ0) is 15.2. The lowest BCUT2D eigenvalue weighted by atomic mass is 10.1. The largest absolute Gasteiger partial charge is 0.411 e. The Morgan fingerprint density at radius 2 is 1.80 bits per heavy atom. The van der Waals surface area contributed by atoms with Gasteiger partial charge >= 0.3 is 0 Å². The van der Waals surface area contributed by atoms with Crippen molar-refractivity contribution in [1.82, 2.24) is 0 Å². The van der Waals surface area contributed by atoms with Crippen LogP contribution in [-0.4, -0.2) is 14.4 Å². The van der Waals surface area contributed by atoms with Gasteiger partial charge in [0.15, 0.2) is 8.32 Å². The summed E-state index contributed by atoms with van der Waals surface area (Å²) in [5.74, 6) is 0. The summed E-state index contributed by atoms with van der Waals surface area (Å²) in [6.45, 7) is 11.5. The van der Waals surface area contributed by atoms with Crippen LogP contribution < -0.4 is 0 Å². The molecule has 1 rings (SSSR count). The predicted octanol–water partition coefficient (Wildman–Crippen LogP) is 5.96. The van der Waals surface area contributed by atoms with Crippen molar-refractivity contribution in [1.29, 1.82) is 0 Å². The Balaban J connectivity index is 2.66. The summed E-state index contributed by atoms with van der Waals surface area (Å²) in [6, 6.07) is 10.7. The zero-order valence-electron chi connectivity index (χ0n) is 13.3. The fourth-order valence-corrected chi connectivity index (χ4v) is 3.55. The highest BCUT2D eigenvalue weighted by Crippen LogP contribution is 2.37. The van der Waals surface area contributed by atoms with Crippen molar-refractivity contribution in [2.75, 3.05) is 0 Å². The molecular formula is C17H27IOSi. The molecule has 0 fully saturated rings. The van der Waals surface area contributed by atoms with Gasteiger partial charge in [-0.2, -0.15) is 0 Å². The van der Waals surface area contributed by atoms with E-state index in [9.17, 15) is 0 Å². The van der Waals surface area contributed by atoms with Crippen LogP contribution in [0.2, 0.25) is 18.1 Å². The van der Waals surface area contributed by atoms with Crippen LogP contribution in [0.4, 0.5) is 0 Å². The molecule has 0 saturated carbocycles. The van der Waals surface area contributed by atoms with E-state index >= 15 is 0 Å². The molecule has 0 aliphatic rings. The lowest BCUT2D eigenvalue weighted by Crippen LogP contribution is -2.43. The molecule has 0 aliphatic heterocycles. The highest BCUT2D eigenvalue weighted by Gasteiger charge is 2.38. The van der Waals surface area contributed by atoms with Gasteiger partial charge in [0.1, 0.15) is 0 Å². The normalized spacial score (nSPS) is 14.7. The van der Waals surface area contributed by atoms with Crippen molar-refractivity contribution in [3.63, 3.8) is 0 Å². The third-order valence-electron chi connectivity index (χ3n) is 4.10. The summed E-state index contributed by atoms with van der Waals surface area (Å²) in [4.78, 5) is 0. The van der Waals surface area contributed by atoms with Crippen molar-refractivity contribution < 1.29 is 4.43 Å². The van der Waals surface area contributed by atoms with Crippen molar-refractivity contribution in [3.8, 4) is 0 Å². The Morgan fingerprint density at radius 3 is 2.30 bits per heavy atom. The monoisotopic (exact) mass is 402 g/mol. The molecule has 0 radical (unpaired) electrons. The molecule has 0 aromatic heterocycles. The average Bonchev–Trinajstić information content (AvgIpc) is 2.36. The summed E-state index contributed by atoms with van der Waals surface area (Å²) in [5.41, 5.74) is 1.39. The van der Waals surface area contributed by atoms with Crippen LogP contribution in [0, 0.1) is 0 Å². The molecular weight excluding hydrogens is 375 g/mol. The minimum absolute atomic E-state index is 0.230. The van der Waals surface area contributed by atoms with Gasteiger partial charge < -0.3 is 4.43 Å². The van der Waals surface area contributed by atoms with Crippen LogP contribution in [0.5, 0.6) is 0 Å². The number of hydrogen-bond donors (Lipinski definition) is 0. The summed E-state index contributed by atoms with van der Waals surface area (Å²) in [6.07, 6.45) is 4.55. The smallest absolute Gasteiger partial charge is 0.192 e. The van der Waals surface area contributed by atoms with Crippen LogP contribution in [0.3, 0.4) is 0 Å². The number of aryl methyl sites for hydroxylation is 1. The molecule has 1 aromatic rings. The fraction of sp³-hybridized carbons (Fsp3) is 0.529. The van der Waals surface area contributed by atoms with E-state index in [1.165, 1.54) is 5.56 Å². The molecule has 1 nitrogen and oxygen atoms in total. The minimum atomic E-state index is -1.70. The van der Waals surface area contributed by atoms with E-state index in [0.717, 1.165) is 12.8 Å². The average molecular weight is 402 g/mol. The molecule has 0 aliphatic carbocycles. The van der Waals surface area contributed by atoms with Crippen LogP contribution >= 0.6 is 22.6 Å². The van der Waals surface area contributed by atoms with E-state index in [4.69, 9.17) is 4.43 Å². The number of hydrogen-bond acceptors (Lipinski definition) is 1. The Hall–Kier alpha value is -0.133. The first-order valence-corrected chi connectivity index (χ1v) is 11.4. The standard InChI is InChI=1S/C17H27IOSi/c1-17(2,3)20(4,5)19-16(13-14-18)12-11-15-9-7-6-8-10-15/h6-10,13-14,16H,11-12H2,1-5H3. The van der Waals surface area contributed by atoms with Crippen molar-refractivity contribution in [3.05, 3.63) is 46.1 Å². The molecule has 3 heteroatoms. The van der Waals surface area contributed by atoms with E-state index in [2.05, 4.69) is 96.9 Å². The molecule has 1 aromatic carbocycles. The molecule has 1 atom stereocenters. The second kappa shape index (κ2) is 7.76. The minimum Gasteiger partial charge on any atom is -0.411 e. The van der Waals surface area contributed by atoms with Gasteiger partial charge in [0.05, 0.1) is 6.10 Å². The van der Waals surface area contributed by atoms with Crippen molar-refractivity contribution in [2.45, 2.75) is 57.8 Å². The lowest BCUT2D eigenvalue weighted by molar-refractivity contribution is 0.215. The zero-order valence-corrected chi connectivity index (χ0v) is 16.5. The lowest BCUT2D eigenvalue weighted by Gasteiger charge is -2.38. The molecule has 0 heterocycles. The fourth-order valence-electron chi connectivity index (χ4n) is 1.78. The maximum Gasteiger partial charge on any atom is 0.192 e. The topological polar surface area (TPSA) is 9.23 Å². The first-order chi connectivity index (χ1) is 9.26. The van der Waals surface area contributed by atoms with E-state index in [1.807, 2.05) is 0 Å². The van der Waals surface area contributed by atoms with Gasteiger partial charge in [-0.25, -0.2) is 0 Å². The summed E-state index contributed by atoms with van der Waals surface area (Å²) in [5, 5.41) is 0.261. The number of rotatable bonds is 6. The summed E-state index contributed by atoms with van der Waals surface area (Å²) < 4.78 is 8.60. The first-order valence-electron chi connectivity index (χ1n) is 7.25. The van der Waals surface area contributed by atoms with Gasteiger partial charge in [-0.3, -0.25) is 0 Å². The molecule has 1 unspecified atom stereocenters. The van der Waals surface area contributed by atoms with E-state index < -0.39 is 8.32 Å². The van der Waals surface area contributed by atoms with Gasteiger partial charge in [0, 0.05) is 0 Å². The number of halogens is 1. The first kappa shape index (κ1) is 17.9. The van der Waals surface area contributed by atoms with Gasteiger partial charge in [0.2, 0.25) is 0 Å². The maximum atomic E-state index is 6.51. The molecule has 20 heavy (non-hydrogen) atoms. The van der Waals surface area contributed by atoms with E-state index in [1.54, 1.807) is 0 Å². The van der Waals surface area contributed by atoms with Crippen LogP contribution in [0.1, 0.15) is 32.8 Å². The summed E-state index contributed by atoms with van der Waals surface area (Å²) in [7, 11) is -1.70.